The van der Waals surface area contributed by atoms with Gasteiger partial charge >= 0.3 is 0 Å². The van der Waals surface area contributed by atoms with Crippen LogP contribution in [0.5, 0.6) is 0 Å². The van der Waals surface area contributed by atoms with Gasteiger partial charge in [0.15, 0.2) is 0 Å². The van der Waals surface area contributed by atoms with Gasteiger partial charge in [0.1, 0.15) is 0 Å². The van der Waals surface area contributed by atoms with Gasteiger partial charge in [-0.1, -0.05) is 12.1 Å². The van der Waals surface area contributed by atoms with Crippen LogP contribution in [0.4, 0.5) is 0 Å². The van der Waals surface area contributed by atoms with Gasteiger partial charge in [-0.15, -0.1) is 0 Å². The summed E-state index contributed by atoms with van der Waals surface area (Å²) in [6.07, 6.45) is 3.30. The molecule has 0 N–H and O–H groups in total. The van der Waals surface area contributed by atoms with Crippen molar-refractivity contribution >= 4 is 0 Å². The fourth-order valence-electron chi connectivity index (χ4n) is 3.49. The Morgan fingerprint density at radius 2 is 2.04 bits per heavy atom. The highest BCUT2D eigenvalue weighted by Crippen LogP contribution is 2.27. The largest absolute Gasteiger partial charge is 0.383 e. The summed E-state index contributed by atoms with van der Waals surface area (Å²) in [6, 6.07) is 10.1. The topological polar surface area (TPSA) is 63.3 Å². The molecular formula is C19H24N4O2. The number of nitrogens with zero attached hydrogens (tertiary/aromatic N) is 4. The minimum Gasteiger partial charge on any atom is -0.383 e. The standard InChI is InChI=1S/C19H24N4O2/c1-22-10-16(11-23-12-18(25-3)8-17(23)13-24-2)19(21-22)15-6-4-14(9-20)5-7-15/h4-7,10,17-18H,8,11-13H2,1-3H3/t17-,18+/m0/s1. The second-order valence-electron chi connectivity index (χ2n) is 6.50. The van der Waals surface area contributed by atoms with E-state index in [9.17, 15) is 0 Å². The molecule has 0 radical (unpaired) electrons. The molecule has 0 bridgehead atoms. The lowest BCUT2D eigenvalue weighted by Crippen LogP contribution is -2.32. The van der Waals surface area contributed by atoms with Gasteiger partial charge in [-0.25, -0.2) is 0 Å². The lowest BCUT2D eigenvalue weighted by Gasteiger charge is -2.23. The molecule has 1 aromatic heterocycles. The Morgan fingerprint density at radius 1 is 1.28 bits per heavy atom. The first kappa shape index (κ1) is 17.6. The predicted molar refractivity (Wildman–Crippen MR) is 94.8 cm³/mol. The molecule has 2 heterocycles. The second kappa shape index (κ2) is 7.79. The van der Waals surface area contributed by atoms with E-state index in [-0.39, 0.29) is 6.10 Å². The molecule has 0 unspecified atom stereocenters. The lowest BCUT2D eigenvalue weighted by atomic mass is 10.1. The molecule has 1 saturated heterocycles. The zero-order valence-electron chi connectivity index (χ0n) is 15.0. The van der Waals surface area contributed by atoms with Gasteiger partial charge in [-0.05, 0) is 18.6 Å². The maximum Gasteiger partial charge on any atom is 0.0991 e. The van der Waals surface area contributed by atoms with Crippen LogP contribution in [0.1, 0.15) is 17.5 Å². The Morgan fingerprint density at radius 3 is 2.68 bits per heavy atom. The molecule has 2 aromatic rings. The summed E-state index contributed by atoms with van der Waals surface area (Å²) in [5, 5.41) is 13.6. The van der Waals surface area contributed by atoms with Crippen molar-refractivity contribution in [1.82, 2.24) is 14.7 Å². The second-order valence-corrected chi connectivity index (χ2v) is 6.50. The molecule has 6 nitrogen and oxygen atoms in total. The Bertz CT molecular complexity index is 748. The number of likely N-dealkylation sites (tertiary alicyclic amines) is 1. The van der Waals surface area contributed by atoms with Gasteiger partial charge < -0.3 is 9.47 Å². The third kappa shape index (κ3) is 3.90. The molecule has 3 rings (SSSR count). The van der Waals surface area contributed by atoms with Crippen LogP contribution in [-0.2, 0) is 23.1 Å². The van der Waals surface area contributed by atoms with Crippen LogP contribution in [-0.4, -0.2) is 54.2 Å². The number of aromatic nitrogens is 2. The molecule has 25 heavy (non-hydrogen) atoms. The molecule has 1 aliphatic rings. The highest BCUT2D eigenvalue weighted by atomic mass is 16.5. The zero-order valence-corrected chi connectivity index (χ0v) is 15.0. The van der Waals surface area contributed by atoms with E-state index in [4.69, 9.17) is 14.7 Å². The minimum atomic E-state index is 0.246. The number of ether oxygens (including phenoxy) is 2. The van der Waals surface area contributed by atoms with Crippen molar-refractivity contribution < 1.29 is 9.47 Å². The molecule has 0 spiro atoms. The summed E-state index contributed by atoms with van der Waals surface area (Å²) < 4.78 is 12.8. The van der Waals surface area contributed by atoms with Crippen LogP contribution in [0.2, 0.25) is 0 Å². The maximum atomic E-state index is 8.98. The normalized spacial score (nSPS) is 20.7. The van der Waals surface area contributed by atoms with Gasteiger partial charge in [0.05, 0.1) is 30.0 Å². The molecule has 0 saturated carbocycles. The minimum absolute atomic E-state index is 0.246. The van der Waals surface area contributed by atoms with E-state index in [0.29, 0.717) is 18.2 Å². The average Bonchev–Trinajstić information content (AvgIpc) is 3.19. The quantitative estimate of drug-likeness (QED) is 0.807. The Kier molecular flexibility index (Phi) is 5.49. The van der Waals surface area contributed by atoms with E-state index in [1.807, 2.05) is 36.0 Å². The smallest absolute Gasteiger partial charge is 0.0991 e. The molecule has 2 atom stereocenters. The number of methoxy groups -OCH3 is 2. The number of hydrogen-bond donors (Lipinski definition) is 0. The Hall–Kier alpha value is -2.20. The van der Waals surface area contributed by atoms with Crippen LogP contribution in [0, 0.1) is 11.3 Å². The van der Waals surface area contributed by atoms with Gasteiger partial charge in [0, 0.05) is 57.7 Å². The number of rotatable bonds is 6. The third-order valence-electron chi connectivity index (χ3n) is 4.75. The van der Waals surface area contributed by atoms with Crippen LogP contribution in [0.15, 0.2) is 30.5 Å². The molecule has 132 valence electrons. The number of nitriles is 1. The summed E-state index contributed by atoms with van der Waals surface area (Å²) in [4.78, 5) is 2.40. The van der Waals surface area contributed by atoms with Crippen molar-refractivity contribution in [3.63, 3.8) is 0 Å². The SMILES string of the molecule is COC[C@@H]1C[C@@H](OC)CN1Cc1cn(C)nc1-c1ccc(C#N)cc1. The molecular weight excluding hydrogens is 316 g/mol. The van der Waals surface area contributed by atoms with Gasteiger partial charge in [-0.3, -0.25) is 9.58 Å². The summed E-state index contributed by atoms with van der Waals surface area (Å²) in [7, 11) is 5.44. The van der Waals surface area contributed by atoms with Crippen molar-refractivity contribution in [2.24, 2.45) is 7.05 Å². The van der Waals surface area contributed by atoms with E-state index in [0.717, 1.165) is 30.8 Å². The summed E-state index contributed by atoms with van der Waals surface area (Å²) in [5.74, 6) is 0. The van der Waals surface area contributed by atoms with E-state index in [1.54, 1.807) is 14.2 Å². The summed E-state index contributed by atoms with van der Waals surface area (Å²) in [5.41, 5.74) is 3.82. The van der Waals surface area contributed by atoms with Crippen molar-refractivity contribution in [2.75, 3.05) is 27.4 Å². The number of hydrogen-bond acceptors (Lipinski definition) is 5. The van der Waals surface area contributed by atoms with Crippen LogP contribution in [0.25, 0.3) is 11.3 Å². The molecule has 1 fully saturated rings. The summed E-state index contributed by atoms with van der Waals surface area (Å²) >= 11 is 0. The van der Waals surface area contributed by atoms with Gasteiger partial charge in [0.2, 0.25) is 0 Å². The van der Waals surface area contributed by atoms with Crippen LogP contribution >= 0.6 is 0 Å². The van der Waals surface area contributed by atoms with Gasteiger partial charge in [0.25, 0.3) is 0 Å². The fraction of sp³-hybridized carbons (Fsp3) is 0.474. The van der Waals surface area contributed by atoms with Crippen LogP contribution in [0.3, 0.4) is 0 Å². The average molecular weight is 340 g/mol. The third-order valence-corrected chi connectivity index (χ3v) is 4.75. The first-order chi connectivity index (χ1) is 12.1. The monoisotopic (exact) mass is 340 g/mol. The Balaban J connectivity index is 1.84. The lowest BCUT2D eigenvalue weighted by molar-refractivity contribution is 0.106. The highest BCUT2D eigenvalue weighted by Gasteiger charge is 2.32. The summed E-state index contributed by atoms with van der Waals surface area (Å²) in [6.45, 7) is 2.40. The van der Waals surface area contributed by atoms with Crippen molar-refractivity contribution in [3.05, 3.63) is 41.6 Å². The molecule has 1 aromatic carbocycles. The molecule has 6 heteroatoms. The van der Waals surface area contributed by atoms with E-state index < -0.39 is 0 Å². The fourth-order valence-corrected chi connectivity index (χ4v) is 3.49. The van der Waals surface area contributed by atoms with Crippen molar-refractivity contribution in [2.45, 2.75) is 25.1 Å². The van der Waals surface area contributed by atoms with E-state index in [1.165, 1.54) is 5.56 Å². The number of aryl methyl sites for hydroxylation is 1. The first-order valence-corrected chi connectivity index (χ1v) is 8.43. The number of benzene rings is 1. The van der Waals surface area contributed by atoms with Crippen LogP contribution < -0.4 is 0 Å². The Labute approximate surface area is 148 Å². The maximum absolute atomic E-state index is 8.98. The van der Waals surface area contributed by atoms with Crippen molar-refractivity contribution in [1.29, 1.82) is 5.26 Å². The van der Waals surface area contributed by atoms with Crippen molar-refractivity contribution in [3.8, 4) is 17.3 Å². The molecule has 0 amide bonds. The predicted octanol–water partition coefficient (Wildman–Crippen LogP) is 2.19. The van der Waals surface area contributed by atoms with Gasteiger partial charge in [-0.2, -0.15) is 10.4 Å². The van der Waals surface area contributed by atoms with E-state index in [2.05, 4.69) is 22.3 Å². The zero-order chi connectivity index (χ0) is 17.8. The molecule has 0 aliphatic carbocycles. The molecule has 1 aliphatic heterocycles. The highest BCUT2D eigenvalue weighted by molar-refractivity contribution is 5.63. The first-order valence-electron chi connectivity index (χ1n) is 8.43. The van der Waals surface area contributed by atoms with E-state index >= 15 is 0 Å².